The third-order valence-electron chi connectivity index (χ3n) is 2.17. The van der Waals surface area contributed by atoms with Gasteiger partial charge in [-0.25, -0.2) is 0 Å². The van der Waals surface area contributed by atoms with Gasteiger partial charge in [-0.05, 0) is 12.1 Å². The molecule has 0 aliphatic carbocycles. The molecule has 94 valence electrons. The first kappa shape index (κ1) is 12.6. The first-order valence-corrected chi connectivity index (χ1v) is 6.43. The molecule has 0 saturated carbocycles. The van der Waals surface area contributed by atoms with Crippen molar-refractivity contribution in [2.75, 3.05) is 0 Å². The van der Waals surface area contributed by atoms with E-state index in [9.17, 15) is 4.79 Å². The summed E-state index contributed by atoms with van der Waals surface area (Å²) in [7, 11) is 0. The zero-order valence-electron chi connectivity index (χ0n) is 9.57. The van der Waals surface area contributed by atoms with E-state index in [0.29, 0.717) is 17.5 Å². The Hall–Kier alpha value is -1.82. The Morgan fingerprint density at radius 2 is 2.11 bits per heavy atom. The van der Waals surface area contributed by atoms with Crippen molar-refractivity contribution in [2.45, 2.75) is 23.5 Å². The lowest BCUT2D eigenvalue weighted by Gasteiger charge is -1.96. The molecule has 6 heteroatoms. The number of rotatable bonds is 6. The van der Waals surface area contributed by atoms with Crippen LogP contribution in [0.3, 0.4) is 0 Å². The maximum atomic E-state index is 10.4. The van der Waals surface area contributed by atoms with Crippen LogP contribution < -0.4 is 0 Å². The summed E-state index contributed by atoms with van der Waals surface area (Å²) in [5.41, 5.74) is 0. The molecule has 0 fully saturated rings. The maximum absolute atomic E-state index is 10.4. The fourth-order valence-electron chi connectivity index (χ4n) is 1.33. The van der Waals surface area contributed by atoms with E-state index < -0.39 is 5.97 Å². The van der Waals surface area contributed by atoms with Gasteiger partial charge in [-0.2, -0.15) is 4.98 Å². The van der Waals surface area contributed by atoms with Crippen molar-refractivity contribution < 1.29 is 14.4 Å². The molecule has 2 aromatic rings. The number of benzene rings is 1. The molecule has 18 heavy (non-hydrogen) atoms. The van der Waals surface area contributed by atoms with E-state index in [4.69, 9.17) is 9.63 Å². The van der Waals surface area contributed by atoms with Gasteiger partial charge >= 0.3 is 5.97 Å². The van der Waals surface area contributed by atoms with E-state index in [0.717, 1.165) is 4.90 Å². The Balaban J connectivity index is 1.85. The average Bonchev–Trinajstić information content (AvgIpc) is 2.83. The van der Waals surface area contributed by atoms with E-state index in [1.165, 1.54) is 0 Å². The highest BCUT2D eigenvalue weighted by Gasteiger charge is 2.08. The molecule has 0 aliphatic rings. The van der Waals surface area contributed by atoms with Gasteiger partial charge in [-0.1, -0.05) is 23.4 Å². The molecule has 1 N–H and O–H groups in total. The summed E-state index contributed by atoms with van der Waals surface area (Å²) >= 11 is 1.61. The van der Waals surface area contributed by atoms with Crippen LogP contribution >= 0.6 is 11.8 Å². The number of hydrogen-bond acceptors (Lipinski definition) is 5. The first-order chi connectivity index (χ1) is 8.74. The summed E-state index contributed by atoms with van der Waals surface area (Å²) in [5.74, 6) is 0.708. The molecule has 0 unspecified atom stereocenters. The SMILES string of the molecule is O=C(O)CCc1nc(CSc2ccccc2)no1. The molecule has 0 atom stereocenters. The molecule has 0 radical (unpaired) electrons. The predicted molar refractivity (Wildman–Crippen MR) is 66.3 cm³/mol. The smallest absolute Gasteiger partial charge is 0.303 e. The number of thioether (sulfide) groups is 1. The summed E-state index contributed by atoms with van der Waals surface area (Å²) in [4.78, 5) is 15.7. The minimum Gasteiger partial charge on any atom is -0.481 e. The maximum Gasteiger partial charge on any atom is 0.303 e. The van der Waals surface area contributed by atoms with Gasteiger partial charge in [0.05, 0.1) is 12.2 Å². The van der Waals surface area contributed by atoms with Crippen molar-refractivity contribution >= 4 is 17.7 Å². The van der Waals surface area contributed by atoms with Gasteiger partial charge < -0.3 is 9.63 Å². The monoisotopic (exact) mass is 264 g/mol. The average molecular weight is 264 g/mol. The van der Waals surface area contributed by atoms with Crippen LogP contribution in [0.5, 0.6) is 0 Å². The number of carbonyl (C=O) groups is 1. The van der Waals surface area contributed by atoms with Crippen molar-refractivity contribution in [2.24, 2.45) is 0 Å². The topological polar surface area (TPSA) is 76.2 Å². The predicted octanol–water partition coefficient (Wildman–Crippen LogP) is 2.38. The highest BCUT2D eigenvalue weighted by Crippen LogP contribution is 2.20. The summed E-state index contributed by atoms with van der Waals surface area (Å²) in [5, 5.41) is 12.3. The molecule has 2 rings (SSSR count). The fourth-order valence-corrected chi connectivity index (χ4v) is 2.09. The van der Waals surface area contributed by atoms with E-state index in [-0.39, 0.29) is 12.8 Å². The van der Waals surface area contributed by atoms with Crippen LogP contribution in [0.25, 0.3) is 0 Å². The van der Waals surface area contributed by atoms with E-state index in [1.54, 1.807) is 11.8 Å². The molecule has 5 nitrogen and oxygen atoms in total. The Bertz CT molecular complexity index is 513. The number of carboxylic acid groups (broad SMARTS) is 1. The Labute approximate surface area is 108 Å². The van der Waals surface area contributed by atoms with Crippen molar-refractivity contribution in [1.29, 1.82) is 0 Å². The van der Waals surface area contributed by atoms with Gasteiger partial charge in [0.1, 0.15) is 0 Å². The molecule has 1 aromatic carbocycles. The lowest BCUT2D eigenvalue weighted by molar-refractivity contribution is -0.137. The number of nitrogens with zero attached hydrogens (tertiary/aromatic N) is 2. The summed E-state index contributed by atoms with van der Waals surface area (Å²) in [6, 6.07) is 9.92. The summed E-state index contributed by atoms with van der Waals surface area (Å²) < 4.78 is 4.97. The van der Waals surface area contributed by atoms with Crippen LogP contribution in [-0.4, -0.2) is 21.2 Å². The van der Waals surface area contributed by atoms with Gasteiger partial charge in [0.15, 0.2) is 5.82 Å². The third-order valence-corrected chi connectivity index (χ3v) is 3.18. The molecule has 0 aliphatic heterocycles. The molecule has 1 aromatic heterocycles. The second kappa shape index (κ2) is 6.20. The van der Waals surface area contributed by atoms with Crippen molar-refractivity contribution in [1.82, 2.24) is 10.1 Å². The third kappa shape index (κ3) is 3.89. The van der Waals surface area contributed by atoms with Crippen LogP contribution in [0, 0.1) is 0 Å². The molecule has 0 bridgehead atoms. The van der Waals surface area contributed by atoms with E-state index in [1.807, 2.05) is 30.3 Å². The zero-order chi connectivity index (χ0) is 12.8. The zero-order valence-corrected chi connectivity index (χ0v) is 10.4. The first-order valence-electron chi connectivity index (χ1n) is 5.45. The fraction of sp³-hybridized carbons (Fsp3) is 0.250. The minimum absolute atomic E-state index is 0.00740. The standard InChI is InChI=1S/C12H12N2O3S/c15-12(16)7-6-11-13-10(14-17-11)8-18-9-4-2-1-3-5-9/h1-5H,6-8H2,(H,15,16). The van der Waals surface area contributed by atoms with Crippen LogP contribution in [0.1, 0.15) is 18.1 Å². The quantitative estimate of drug-likeness (QED) is 0.807. The van der Waals surface area contributed by atoms with Gasteiger partial charge in [-0.15, -0.1) is 11.8 Å². The molecule has 0 saturated heterocycles. The normalized spacial score (nSPS) is 10.4. The molecule has 1 heterocycles. The second-order valence-electron chi connectivity index (χ2n) is 3.60. The molecule has 0 spiro atoms. The molecular weight excluding hydrogens is 252 g/mol. The number of carboxylic acids is 1. The molecule has 0 amide bonds. The van der Waals surface area contributed by atoms with Crippen LogP contribution in [-0.2, 0) is 17.0 Å². The summed E-state index contributed by atoms with van der Waals surface area (Å²) in [6.07, 6.45) is 0.284. The number of aromatic nitrogens is 2. The van der Waals surface area contributed by atoms with Crippen molar-refractivity contribution in [3.8, 4) is 0 Å². The van der Waals surface area contributed by atoms with Crippen molar-refractivity contribution in [3.63, 3.8) is 0 Å². The van der Waals surface area contributed by atoms with Crippen LogP contribution in [0.15, 0.2) is 39.8 Å². The largest absolute Gasteiger partial charge is 0.481 e. The Kier molecular flexibility index (Phi) is 4.35. The Morgan fingerprint density at radius 1 is 1.33 bits per heavy atom. The van der Waals surface area contributed by atoms with E-state index in [2.05, 4.69) is 10.1 Å². The van der Waals surface area contributed by atoms with Gasteiger partial charge in [0.2, 0.25) is 5.89 Å². The van der Waals surface area contributed by atoms with Gasteiger partial charge in [-0.3, -0.25) is 4.79 Å². The highest BCUT2D eigenvalue weighted by atomic mass is 32.2. The highest BCUT2D eigenvalue weighted by molar-refractivity contribution is 7.98. The minimum atomic E-state index is -0.867. The second-order valence-corrected chi connectivity index (χ2v) is 4.65. The van der Waals surface area contributed by atoms with Crippen LogP contribution in [0.2, 0.25) is 0 Å². The number of aryl methyl sites for hydroxylation is 1. The van der Waals surface area contributed by atoms with Gasteiger partial charge in [0, 0.05) is 11.3 Å². The summed E-state index contributed by atoms with van der Waals surface area (Å²) in [6.45, 7) is 0. The van der Waals surface area contributed by atoms with Gasteiger partial charge in [0.25, 0.3) is 0 Å². The number of aliphatic carboxylic acids is 1. The van der Waals surface area contributed by atoms with E-state index >= 15 is 0 Å². The number of hydrogen-bond donors (Lipinski definition) is 1. The Morgan fingerprint density at radius 3 is 2.83 bits per heavy atom. The van der Waals surface area contributed by atoms with Crippen molar-refractivity contribution in [3.05, 3.63) is 42.0 Å². The van der Waals surface area contributed by atoms with Crippen LogP contribution in [0.4, 0.5) is 0 Å². The molecular formula is C12H12N2O3S. The lowest BCUT2D eigenvalue weighted by atomic mass is 10.3. The lowest BCUT2D eigenvalue weighted by Crippen LogP contribution is -1.97.